The van der Waals surface area contributed by atoms with Crippen LogP contribution in [0.2, 0.25) is 0 Å². The maximum atomic E-state index is 12.3. The standard InChI is InChI=1S/C13H17NO5S/c1-19-7-4-8-20(17,18)14-9-11(13(15)16)10-5-2-3-6-12(10)14/h2-3,5-6,11H,4,7-9H2,1H3,(H,15,16). The Kier molecular flexibility index (Phi) is 4.29. The minimum atomic E-state index is -3.52. The van der Waals surface area contributed by atoms with Crippen molar-refractivity contribution in [2.45, 2.75) is 12.3 Å². The summed E-state index contributed by atoms with van der Waals surface area (Å²) in [6, 6.07) is 6.74. The Morgan fingerprint density at radius 2 is 2.15 bits per heavy atom. The average Bonchev–Trinajstić information content (AvgIpc) is 2.79. The molecule has 7 heteroatoms. The zero-order chi connectivity index (χ0) is 14.8. The van der Waals surface area contributed by atoms with Gasteiger partial charge in [0.15, 0.2) is 0 Å². The van der Waals surface area contributed by atoms with E-state index in [2.05, 4.69) is 0 Å². The van der Waals surface area contributed by atoms with Crippen molar-refractivity contribution < 1.29 is 23.1 Å². The van der Waals surface area contributed by atoms with Crippen LogP contribution < -0.4 is 4.31 Å². The van der Waals surface area contributed by atoms with Gasteiger partial charge in [-0.25, -0.2) is 8.42 Å². The van der Waals surface area contributed by atoms with Crippen LogP contribution in [0.4, 0.5) is 5.69 Å². The van der Waals surface area contributed by atoms with Gasteiger partial charge in [-0.1, -0.05) is 18.2 Å². The summed E-state index contributed by atoms with van der Waals surface area (Å²) >= 11 is 0. The lowest BCUT2D eigenvalue weighted by atomic mass is 10.0. The van der Waals surface area contributed by atoms with Gasteiger partial charge in [0.2, 0.25) is 10.0 Å². The first kappa shape index (κ1) is 14.8. The van der Waals surface area contributed by atoms with Crippen LogP contribution >= 0.6 is 0 Å². The normalized spacial score (nSPS) is 18.1. The molecule has 1 atom stereocenters. The zero-order valence-electron chi connectivity index (χ0n) is 11.2. The molecule has 0 radical (unpaired) electrons. The molecule has 0 spiro atoms. The third kappa shape index (κ3) is 2.78. The summed E-state index contributed by atoms with van der Waals surface area (Å²) in [5.74, 6) is -1.86. The number of benzene rings is 1. The van der Waals surface area contributed by atoms with Crippen molar-refractivity contribution in [3.63, 3.8) is 0 Å². The Labute approximate surface area is 118 Å². The highest BCUT2D eigenvalue weighted by atomic mass is 32.2. The van der Waals surface area contributed by atoms with Gasteiger partial charge < -0.3 is 9.84 Å². The van der Waals surface area contributed by atoms with E-state index in [1.807, 2.05) is 0 Å². The summed E-state index contributed by atoms with van der Waals surface area (Å²) in [6.45, 7) is 0.321. The molecule has 1 heterocycles. The van der Waals surface area contributed by atoms with Crippen LogP contribution in [-0.4, -0.2) is 45.5 Å². The Bertz CT molecular complexity index is 599. The van der Waals surface area contributed by atoms with E-state index < -0.39 is 21.9 Å². The smallest absolute Gasteiger partial charge is 0.312 e. The van der Waals surface area contributed by atoms with Crippen molar-refractivity contribution in [2.24, 2.45) is 0 Å². The van der Waals surface area contributed by atoms with Crippen LogP contribution in [0, 0.1) is 0 Å². The number of sulfonamides is 1. The van der Waals surface area contributed by atoms with Crippen LogP contribution in [0.1, 0.15) is 17.9 Å². The molecule has 0 aromatic heterocycles. The summed E-state index contributed by atoms with van der Waals surface area (Å²) < 4.78 is 30.7. The number of carboxylic acids is 1. The minimum Gasteiger partial charge on any atom is -0.481 e. The van der Waals surface area contributed by atoms with E-state index >= 15 is 0 Å². The van der Waals surface area contributed by atoms with E-state index in [-0.39, 0.29) is 12.3 Å². The summed E-state index contributed by atoms with van der Waals surface area (Å²) in [6.07, 6.45) is 0.384. The number of hydrogen-bond donors (Lipinski definition) is 1. The number of nitrogens with zero attached hydrogens (tertiary/aromatic N) is 1. The number of fused-ring (bicyclic) bond motifs is 1. The quantitative estimate of drug-likeness (QED) is 0.793. The van der Waals surface area contributed by atoms with Gasteiger partial charge in [-0.05, 0) is 18.1 Å². The molecule has 1 aromatic carbocycles. The molecule has 1 N–H and O–H groups in total. The zero-order valence-corrected chi connectivity index (χ0v) is 12.0. The SMILES string of the molecule is COCCCS(=O)(=O)N1CC(C(=O)O)c2ccccc21. The first-order valence-electron chi connectivity index (χ1n) is 6.28. The first-order valence-corrected chi connectivity index (χ1v) is 7.89. The Morgan fingerprint density at radius 3 is 2.80 bits per heavy atom. The van der Waals surface area contributed by atoms with E-state index in [4.69, 9.17) is 4.74 Å². The van der Waals surface area contributed by atoms with E-state index in [9.17, 15) is 18.3 Å². The lowest BCUT2D eigenvalue weighted by Gasteiger charge is -2.19. The number of carboxylic acid groups (broad SMARTS) is 1. The predicted molar refractivity (Wildman–Crippen MR) is 74.4 cm³/mol. The maximum Gasteiger partial charge on any atom is 0.312 e. The van der Waals surface area contributed by atoms with Gasteiger partial charge in [0.25, 0.3) is 0 Å². The van der Waals surface area contributed by atoms with Crippen molar-refractivity contribution in [3.8, 4) is 0 Å². The summed E-state index contributed by atoms with van der Waals surface area (Å²) in [7, 11) is -2.01. The van der Waals surface area contributed by atoms with Crippen LogP contribution in [0.3, 0.4) is 0 Å². The molecule has 0 aliphatic carbocycles. The third-order valence-electron chi connectivity index (χ3n) is 3.31. The number of rotatable bonds is 6. The molecule has 110 valence electrons. The van der Waals surface area contributed by atoms with Crippen LogP contribution in [0.25, 0.3) is 0 Å². The minimum absolute atomic E-state index is 0.0377. The van der Waals surface area contributed by atoms with Crippen molar-refractivity contribution in [2.75, 3.05) is 30.3 Å². The molecule has 1 aromatic rings. The molecule has 0 fully saturated rings. The average molecular weight is 299 g/mol. The molecule has 0 amide bonds. The van der Waals surface area contributed by atoms with Gasteiger partial charge >= 0.3 is 5.97 Å². The number of anilines is 1. The molecule has 0 bridgehead atoms. The fourth-order valence-corrected chi connectivity index (χ4v) is 3.89. The topological polar surface area (TPSA) is 83.9 Å². The van der Waals surface area contributed by atoms with E-state index in [0.717, 1.165) is 0 Å². The highest BCUT2D eigenvalue weighted by Gasteiger charge is 2.38. The van der Waals surface area contributed by atoms with Gasteiger partial charge in [-0.15, -0.1) is 0 Å². The van der Waals surface area contributed by atoms with Crippen LogP contribution in [0.15, 0.2) is 24.3 Å². The van der Waals surface area contributed by atoms with Crippen LogP contribution in [-0.2, 0) is 19.6 Å². The molecule has 20 heavy (non-hydrogen) atoms. The number of ether oxygens (including phenoxy) is 1. The van der Waals surface area contributed by atoms with E-state index in [1.165, 1.54) is 11.4 Å². The van der Waals surface area contributed by atoms with Gasteiger partial charge in [0.1, 0.15) is 5.92 Å². The molecule has 1 aliphatic heterocycles. The van der Waals surface area contributed by atoms with Crippen molar-refractivity contribution in [3.05, 3.63) is 29.8 Å². The first-order chi connectivity index (χ1) is 9.47. The molecular formula is C13H17NO5S. The largest absolute Gasteiger partial charge is 0.481 e. The Morgan fingerprint density at radius 1 is 1.45 bits per heavy atom. The molecule has 0 saturated carbocycles. The van der Waals surface area contributed by atoms with Crippen LogP contribution in [0.5, 0.6) is 0 Å². The second-order valence-electron chi connectivity index (χ2n) is 4.64. The monoisotopic (exact) mass is 299 g/mol. The third-order valence-corrected chi connectivity index (χ3v) is 5.14. The predicted octanol–water partition coefficient (Wildman–Crippen LogP) is 1.04. The summed E-state index contributed by atoms with van der Waals surface area (Å²) in [5.41, 5.74) is 1.02. The van der Waals surface area contributed by atoms with E-state index in [0.29, 0.717) is 24.3 Å². The highest BCUT2D eigenvalue weighted by Crippen LogP contribution is 2.38. The molecule has 2 rings (SSSR count). The number of aliphatic carboxylic acids is 1. The number of hydrogen-bond acceptors (Lipinski definition) is 4. The second kappa shape index (κ2) is 5.80. The lowest BCUT2D eigenvalue weighted by Crippen LogP contribution is -2.33. The fourth-order valence-electron chi connectivity index (χ4n) is 2.34. The second-order valence-corrected chi connectivity index (χ2v) is 6.66. The molecule has 6 nitrogen and oxygen atoms in total. The van der Waals surface area contributed by atoms with Crippen molar-refractivity contribution in [1.29, 1.82) is 0 Å². The number of para-hydroxylation sites is 1. The molecule has 1 unspecified atom stereocenters. The highest BCUT2D eigenvalue weighted by molar-refractivity contribution is 7.92. The lowest BCUT2D eigenvalue weighted by molar-refractivity contribution is -0.138. The fraction of sp³-hybridized carbons (Fsp3) is 0.462. The molecule has 1 aliphatic rings. The van der Waals surface area contributed by atoms with Gasteiger partial charge in [0, 0.05) is 13.7 Å². The Balaban J connectivity index is 2.28. The van der Waals surface area contributed by atoms with Crippen molar-refractivity contribution >= 4 is 21.7 Å². The molecular weight excluding hydrogens is 282 g/mol. The number of methoxy groups -OCH3 is 1. The number of carbonyl (C=O) groups is 1. The van der Waals surface area contributed by atoms with Gasteiger partial charge in [-0.3, -0.25) is 9.10 Å². The summed E-state index contributed by atoms with van der Waals surface area (Å²) in [4.78, 5) is 11.3. The Hall–Kier alpha value is -1.60. The van der Waals surface area contributed by atoms with Gasteiger partial charge in [-0.2, -0.15) is 0 Å². The maximum absolute atomic E-state index is 12.3. The van der Waals surface area contributed by atoms with Crippen molar-refractivity contribution in [1.82, 2.24) is 0 Å². The molecule has 0 saturated heterocycles. The summed E-state index contributed by atoms with van der Waals surface area (Å²) in [5, 5.41) is 9.22. The van der Waals surface area contributed by atoms with Gasteiger partial charge in [0.05, 0.1) is 18.0 Å². The van der Waals surface area contributed by atoms with E-state index in [1.54, 1.807) is 24.3 Å².